The van der Waals surface area contributed by atoms with Crippen molar-refractivity contribution in [2.45, 2.75) is 39.2 Å². The molecule has 0 fully saturated rings. The largest absolute Gasteiger partial charge is 0.496 e. The van der Waals surface area contributed by atoms with Crippen molar-refractivity contribution in [3.63, 3.8) is 0 Å². The summed E-state index contributed by atoms with van der Waals surface area (Å²) in [7, 11) is 1.71. The van der Waals surface area contributed by atoms with Crippen LogP contribution in [-0.2, 0) is 6.42 Å². The van der Waals surface area contributed by atoms with Gasteiger partial charge < -0.3 is 10.5 Å². The molecular weight excluding hydrogens is 186 g/mol. The zero-order chi connectivity index (χ0) is 11.5. The van der Waals surface area contributed by atoms with Crippen molar-refractivity contribution in [3.8, 4) is 5.75 Å². The molecule has 0 atom stereocenters. The molecule has 84 valence electrons. The van der Waals surface area contributed by atoms with Gasteiger partial charge in [0.25, 0.3) is 0 Å². The Hall–Kier alpha value is -1.02. The van der Waals surface area contributed by atoms with E-state index in [1.165, 1.54) is 11.1 Å². The second-order valence-electron chi connectivity index (χ2n) is 4.79. The minimum atomic E-state index is -0.0991. The number of benzene rings is 1. The maximum atomic E-state index is 5.95. The number of hydrogen-bond donors (Lipinski definition) is 1. The number of methoxy groups -OCH3 is 1. The van der Waals surface area contributed by atoms with Crippen LogP contribution < -0.4 is 10.5 Å². The number of ether oxygens (including phenoxy) is 1. The molecule has 2 N–H and O–H groups in total. The van der Waals surface area contributed by atoms with Gasteiger partial charge in [0.05, 0.1) is 7.11 Å². The number of aryl methyl sites for hydroxylation is 2. The molecule has 2 nitrogen and oxygen atoms in total. The van der Waals surface area contributed by atoms with Gasteiger partial charge in [-0.1, -0.05) is 12.1 Å². The van der Waals surface area contributed by atoms with Crippen molar-refractivity contribution in [3.05, 3.63) is 29.3 Å². The highest BCUT2D eigenvalue weighted by molar-refractivity contribution is 5.36. The summed E-state index contributed by atoms with van der Waals surface area (Å²) in [5.74, 6) is 0.960. The Kier molecular flexibility index (Phi) is 3.75. The van der Waals surface area contributed by atoms with Gasteiger partial charge in [0.15, 0.2) is 0 Å². The molecule has 0 saturated carbocycles. The van der Waals surface area contributed by atoms with Crippen LogP contribution in [0.2, 0.25) is 0 Å². The first-order valence-corrected chi connectivity index (χ1v) is 5.35. The quantitative estimate of drug-likeness (QED) is 0.823. The Morgan fingerprint density at radius 2 is 2.00 bits per heavy atom. The molecule has 0 unspecified atom stereocenters. The summed E-state index contributed by atoms with van der Waals surface area (Å²) in [6.45, 7) is 6.16. The van der Waals surface area contributed by atoms with E-state index >= 15 is 0 Å². The van der Waals surface area contributed by atoms with E-state index in [0.29, 0.717) is 0 Å². The third-order valence-electron chi connectivity index (χ3n) is 2.53. The number of nitrogens with two attached hydrogens (primary N) is 1. The van der Waals surface area contributed by atoms with Crippen molar-refractivity contribution in [2.75, 3.05) is 7.11 Å². The fourth-order valence-electron chi connectivity index (χ4n) is 1.49. The van der Waals surface area contributed by atoms with Crippen molar-refractivity contribution < 1.29 is 4.74 Å². The standard InChI is InChI=1S/C13H21NO/c1-10-5-6-11(9-12(10)15-4)7-8-13(2,3)14/h5-6,9H,7-8,14H2,1-4H3. The van der Waals surface area contributed by atoms with E-state index in [2.05, 4.69) is 39.0 Å². The topological polar surface area (TPSA) is 35.2 Å². The normalized spacial score (nSPS) is 11.5. The summed E-state index contributed by atoms with van der Waals surface area (Å²) in [4.78, 5) is 0. The summed E-state index contributed by atoms with van der Waals surface area (Å²) < 4.78 is 5.29. The van der Waals surface area contributed by atoms with Gasteiger partial charge in [0.2, 0.25) is 0 Å². The van der Waals surface area contributed by atoms with Gasteiger partial charge in [-0.05, 0) is 50.8 Å². The molecule has 0 spiro atoms. The van der Waals surface area contributed by atoms with Crippen molar-refractivity contribution in [1.29, 1.82) is 0 Å². The van der Waals surface area contributed by atoms with Crippen LogP contribution in [0.5, 0.6) is 5.75 Å². The molecule has 0 aliphatic rings. The van der Waals surface area contributed by atoms with Crippen LogP contribution in [0, 0.1) is 6.92 Å². The van der Waals surface area contributed by atoms with Crippen LogP contribution in [0.4, 0.5) is 0 Å². The third-order valence-corrected chi connectivity index (χ3v) is 2.53. The monoisotopic (exact) mass is 207 g/mol. The number of hydrogen-bond acceptors (Lipinski definition) is 2. The lowest BCUT2D eigenvalue weighted by atomic mass is 9.96. The van der Waals surface area contributed by atoms with E-state index < -0.39 is 0 Å². The molecule has 0 aromatic heterocycles. The smallest absolute Gasteiger partial charge is 0.122 e. The van der Waals surface area contributed by atoms with Gasteiger partial charge in [0.1, 0.15) is 5.75 Å². The summed E-state index contributed by atoms with van der Waals surface area (Å²) in [6, 6.07) is 6.34. The van der Waals surface area contributed by atoms with Crippen LogP contribution in [0.1, 0.15) is 31.4 Å². The maximum Gasteiger partial charge on any atom is 0.122 e. The molecule has 0 aliphatic carbocycles. The van der Waals surface area contributed by atoms with E-state index in [4.69, 9.17) is 10.5 Å². The third kappa shape index (κ3) is 3.92. The minimum absolute atomic E-state index is 0.0991. The fraction of sp³-hybridized carbons (Fsp3) is 0.538. The predicted molar refractivity (Wildman–Crippen MR) is 64.3 cm³/mol. The van der Waals surface area contributed by atoms with E-state index in [-0.39, 0.29) is 5.54 Å². The molecule has 0 amide bonds. The lowest BCUT2D eigenvalue weighted by Crippen LogP contribution is -2.32. The molecule has 0 radical (unpaired) electrons. The average Bonchev–Trinajstić information content (AvgIpc) is 2.15. The summed E-state index contributed by atoms with van der Waals surface area (Å²) in [6.07, 6.45) is 1.99. The summed E-state index contributed by atoms with van der Waals surface area (Å²) in [5.41, 5.74) is 8.32. The minimum Gasteiger partial charge on any atom is -0.496 e. The molecule has 0 bridgehead atoms. The molecule has 15 heavy (non-hydrogen) atoms. The Balaban J connectivity index is 2.70. The lowest BCUT2D eigenvalue weighted by Gasteiger charge is -2.18. The van der Waals surface area contributed by atoms with Crippen LogP contribution in [0.25, 0.3) is 0 Å². The molecular formula is C13H21NO. The second kappa shape index (κ2) is 4.67. The summed E-state index contributed by atoms with van der Waals surface area (Å²) >= 11 is 0. The van der Waals surface area contributed by atoms with Crippen LogP contribution >= 0.6 is 0 Å². The highest BCUT2D eigenvalue weighted by atomic mass is 16.5. The van der Waals surface area contributed by atoms with E-state index in [1.807, 2.05) is 0 Å². The van der Waals surface area contributed by atoms with Gasteiger partial charge in [-0.3, -0.25) is 0 Å². The van der Waals surface area contributed by atoms with Gasteiger partial charge in [-0.15, -0.1) is 0 Å². The van der Waals surface area contributed by atoms with Crippen molar-refractivity contribution in [1.82, 2.24) is 0 Å². The highest BCUT2D eigenvalue weighted by Crippen LogP contribution is 2.20. The van der Waals surface area contributed by atoms with E-state index in [1.54, 1.807) is 7.11 Å². The van der Waals surface area contributed by atoms with Crippen LogP contribution in [-0.4, -0.2) is 12.6 Å². The molecule has 2 heteroatoms. The molecule has 0 saturated heterocycles. The van der Waals surface area contributed by atoms with Crippen molar-refractivity contribution >= 4 is 0 Å². The molecule has 0 heterocycles. The van der Waals surface area contributed by atoms with E-state index in [0.717, 1.165) is 18.6 Å². The molecule has 1 aromatic carbocycles. The second-order valence-corrected chi connectivity index (χ2v) is 4.79. The zero-order valence-electron chi connectivity index (χ0n) is 10.1. The molecule has 0 aliphatic heterocycles. The molecule has 1 rings (SSSR count). The Morgan fingerprint density at radius 1 is 1.33 bits per heavy atom. The first-order chi connectivity index (χ1) is 6.92. The Morgan fingerprint density at radius 3 is 2.53 bits per heavy atom. The van der Waals surface area contributed by atoms with Gasteiger partial charge >= 0.3 is 0 Å². The van der Waals surface area contributed by atoms with Crippen LogP contribution in [0.3, 0.4) is 0 Å². The lowest BCUT2D eigenvalue weighted by molar-refractivity contribution is 0.410. The van der Waals surface area contributed by atoms with Gasteiger partial charge in [-0.2, -0.15) is 0 Å². The Bertz CT molecular complexity index is 326. The zero-order valence-corrected chi connectivity index (χ0v) is 10.1. The van der Waals surface area contributed by atoms with Crippen molar-refractivity contribution in [2.24, 2.45) is 5.73 Å². The van der Waals surface area contributed by atoms with Gasteiger partial charge in [0, 0.05) is 5.54 Å². The van der Waals surface area contributed by atoms with E-state index in [9.17, 15) is 0 Å². The highest BCUT2D eigenvalue weighted by Gasteiger charge is 2.10. The number of rotatable bonds is 4. The summed E-state index contributed by atoms with van der Waals surface area (Å²) in [5, 5.41) is 0. The SMILES string of the molecule is COc1cc(CCC(C)(C)N)ccc1C. The average molecular weight is 207 g/mol. The predicted octanol–water partition coefficient (Wildman–Crippen LogP) is 2.67. The molecule has 1 aromatic rings. The maximum absolute atomic E-state index is 5.95. The van der Waals surface area contributed by atoms with Crippen LogP contribution in [0.15, 0.2) is 18.2 Å². The Labute approximate surface area is 92.4 Å². The fourth-order valence-corrected chi connectivity index (χ4v) is 1.49. The first kappa shape index (κ1) is 12.1. The first-order valence-electron chi connectivity index (χ1n) is 5.35. The van der Waals surface area contributed by atoms with Gasteiger partial charge in [-0.25, -0.2) is 0 Å².